The van der Waals surface area contributed by atoms with E-state index in [1.54, 1.807) is 6.07 Å². The van der Waals surface area contributed by atoms with Crippen LogP contribution >= 0.6 is 0 Å². The standard InChI is InChI=1S/C19H30O3.C9H15N5O/c1-17-11-22-16(20)10-12(17)4-5-13-14(17)6-8-18(2)15(13)7-9-19(18,3)21;10-7-6-8(12-9(11)14(7)15)13-4-2-1-3-5-13/h12-15,21H,4-11H2,1-3H3;6H,1-5,10H2,(H2,11,12)/t12-,13+,14-,15-,17-,18-,19-;/m0./s1. The number of rotatable bonds is 1. The smallest absolute Gasteiger partial charge is 0.346 e. The van der Waals surface area contributed by atoms with E-state index in [2.05, 4.69) is 30.7 Å². The molecule has 9 nitrogen and oxygen atoms in total. The summed E-state index contributed by atoms with van der Waals surface area (Å²) in [6.45, 7) is 9.29. The van der Waals surface area contributed by atoms with Crippen molar-refractivity contribution in [3.63, 3.8) is 0 Å². The van der Waals surface area contributed by atoms with Crippen LogP contribution in [0.5, 0.6) is 0 Å². The first-order valence-electron chi connectivity index (χ1n) is 14.2. The van der Waals surface area contributed by atoms with Gasteiger partial charge in [-0.2, -0.15) is 0 Å². The predicted octanol–water partition coefficient (Wildman–Crippen LogP) is 3.41. The number of hydrogen-bond acceptors (Lipinski definition) is 8. The maximum atomic E-state index is 11.7. The summed E-state index contributed by atoms with van der Waals surface area (Å²) in [5.41, 5.74) is 10.8. The van der Waals surface area contributed by atoms with Crippen LogP contribution in [0.2, 0.25) is 0 Å². The topological polar surface area (TPSA) is 142 Å². The van der Waals surface area contributed by atoms with Crippen LogP contribution in [0.25, 0.3) is 0 Å². The number of carbonyl (C=O) groups is 1. The minimum atomic E-state index is -0.501. The quantitative estimate of drug-likeness (QED) is 0.293. The molecule has 0 aromatic carbocycles. The molecule has 6 rings (SSSR count). The van der Waals surface area contributed by atoms with Crippen molar-refractivity contribution in [2.75, 3.05) is 36.1 Å². The van der Waals surface area contributed by atoms with Crippen LogP contribution < -0.4 is 21.1 Å². The Labute approximate surface area is 220 Å². The molecular weight excluding hydrogens is 470 g/mol. The number of nitrogens with zero attached hydrogens (tertiary/aromatic N) is 3. The van der Waals surface area contributed by atoms with Crippen molar-refractivity contribution in [1.82, 2.24) is 4.98 Å². The summed E-state index contributed by atoms with van der Waals surface area (Å²) in [6, 6.07) is 1.58. The van der Waals surface area contributed by atoms with Gasteiger partial charge in [-0.15, -0.1) is 0 Å². The van der Waals surface area contributed by atoms with Gasteiger partial charge in [0, 0.05) is 24.9 Å². The Morgan fingerprint density at radius 3 is 2.49 bits per heavy atom. The van der Waals surface area contributed by atoms with E-state index in [1.807, 2.05) is 0 Å². The molecule has 5 aliphatic rings. The fraction of sp³-hybridized carbons (Fsp3) is 0.821. The summed E-state index contributed by atoms with van der Waals surface area (Å²) in [4.78, 5) is 17.8. The highest BCUT2D eigenvalue weighted by molar-refractivity contribution is 5.70. The van der Waals surface area contributed by atoms with Crippen LogP contribution in [0.4, 0.5) is 17.6 Å². The molecule has 9 heteroatoms. The van der Waals surface area contributed by atoms with E-state index in [-0.39, 0.29) is 28.6 Å². The lowest BCUT2D eigenvalue weighted by atomic mass is 9.46. The van der Waals surface area contributed by atoms with Crippen LogP contribution in [0, 0.1) is 39.7 Å². The molecule has 37 heavy (non-hydrogen) atoms. The molecule has 0 unspecified atom stereocenters. The summed E-state index contributed by atoms with van der Waals surface area (Å²) in [6.07, 6.45) is 11.0. The first kappa shape index (κ1) is 26.3. The molecule has 3 heterocycles. The first-order valence-corrected chi connectivity index (χ1v) is 14.2. The molecule has 3 saturated carbocycles. The van der Waals surface area contributed by atoms with Gasteiger partial charge in [-0.1, -0.05) is 18.8 Å². The maximum absolute atomic E-state index is 11.7. The van der Waals surface area contributed by atoms with Crippen molar-refractivity contribution in [3.05, 3.63) is 11.3 Å². The van der Waals surface area contributed by atoms with Crippen LogP contribution in [-0.2, 0) is 9.53 Å². The minimum absolute atomic E-state index is 0.00497. The molecular formula is C28H45N5O4. The number of nitrogens with two attached hydrogens (primary N) is 2. The summed E-state index contributed by atoms with van der Waals surface area (Å²) in [5, 5.41) is 22.1. The van der Waals surface area contributed by atoms with Crippen molar-refractivity contribution in [1.29, 1.82) is 0 Å². The molecule has 2 aliphatic heterocycles. The summed E-state index contributed by atoms with van der Waals surface area (Å²) >= 11 is 0. The van der Waals surface area contributed by atoms with E-state index < -0.39 is 5.60 Å². The zero-order valence-corrected chi connectivity index (χ0v) is 22.7. The number of piperidine rings is 1. The number of aromatic nitrogens is 2. The van der Waals surface area contributed by atoms with Crippen LogP contribution in [0.15, 0.2) is 6.07 Å². The Kier molecular flexibility index (Phi) is 6.74. The molecule has 3 aliphatic carbocycles. The normalized spacial score (nSPS) is 41.0. The zero-order valence-electron chi connectivity index (χ0n) is 22.7. The molecule has 1 aromatic heterocycles. The number of anilines is 3. The molecule has 5 N–H and O–H groups in total. The Hall–Kier alpha value is -2.29. The van der Waals surface area contributed by atoms with Crippen molar-refractivity contribution < 1.29 is 19.4 Å². The third-order valence-electron chi connectivity index (χ3n) is 11.2. The van der Waals surface area contributed by atoms with Gasteiger partial charge in [-0.05, 0) is 93.8 Å². The van der Waals surface area contributed by atoms with Crippen molar-refractivity contribution in [3.8, 4) is 0 Å². The fourth-order valence-corrected chi connectivity index (χ4v) is 8.64. The molecule has 7 atom stereocenters. The Morgan fingerprint density at radius 1 is 1.08 bits per heavy atom. The van der Waals surface area contributed by atoms with Gasteiger partial charge >= 0.3 is 11.9 Å². The van der Waals surface area contributed by atoms with Gasteiger partial charge in [0.05, 0.1) is 18.3 Å². The van der Waals surface area contributed by atoms with Gasteiger partial charge in [0.15, 0.2) is 11.6 Å². The zero-order chi connectivity index (χ0) is 26.6. The molecule has 206 valence electrons. The van der Waals surface area contributed by atoms with Gasteiger partial charge < -0.3 is 31.4 Å². The third-order valence-corrected chi connectivity index (χ3v) is 11.2. The molecule has 2 saturated heterocycles. The van der Waals surface area contributed by atoms with Crippen LogP contribution in [-0.4, -0.2) is 41.4 Å². The van der Waals surface area contributed by atoms with Gasteiger partial charge in [0.1, 0.15) is 0 Å². The number of hydrogen-bond donors (Lipinski definition) is 3. The molecule has 1 aromatic rings. The minimum Gasteiger partial charge on any atom is -0.754 e. The number of cyclic esters (lactones) is 1. The van der Waals surface area contributed by atoms with E-state index in [0.717, 1.165) is 38.8 Å². The number of aliphatic hydroxyl groups is 1. The summed E-state index contributed by atoms with van der Waals surface area (Å²) in [7, 11) is 0. The van der Waals surface area contributed by atoms with Gasteiger partial charge in [-0.25, -0.2) is 4.73 Å². The fourth-order valence-electron chi connectivity index (χ4n) is 8.64. The summed E-state index contributed by atoms with van der Waals surface area (Å²) in [5.74, 6) is 3.27. The number of ether oxygens (including phenoxy) is 1. The second-order valence-corrected chi connectivity index (χ2v) is 13.0. The second-order valence-electron chi connectivity index (χ2n) is 13.0. The molecule has 0 radical (unpaired) electrons. The number of carbonyl (C=O) groups excluding carboxylic acids is 1. The van der Waals surface area contributed by atoms with Crippen molar-refractivity contribution in [2.24, 2.45) is 34.5 Å². The van der Waals surface area contributed by atoms with E-state index in [0.29, 0.717) is 47.2 Å². The first-order chi connectivity index (χ1) is 17.5. The number of nitrogen functional groups attached to an aromatic ring is 2. The van der Waals surface area contributed by atoms with Crippen LogP contribution in [0.3, 0.4) is 0 Å². The van der Waals surface area contributed by atoms with E-state index in [1.165, 1.54) is 32.1 Å². The third kappa shape index (κ3) is 4.41. The Bertz CT molecular complexity index is 1000. The number of fused-ring (bicyclic) bond motifs is 5. The Balaban J connectivity index is 0.000000164. The molecule has 0 amide bonds. The highest BCUT2D eigenvalue weighted by Crippen LogP contribution is 2.67. The monoisotopic (exact) mass is 515 g/mol. The van der Waals surface area contributed by atoms with Crippen LogP contribution in [0.1, 0.15) is 85.0 Å². The van der Waals surface area contributed by atoms with E-state index in [9.17, 15) is 15.1 Å². The highest BCUT2D eigenvalue weighted by atomic mass is 16.5. The Morgan fingerprint density at radius 2 is 1.78 bits per heavy atom. The molecule has 5 fully saturated rings. The largest absolute Gasteiger partial charge is 0.754 e. The van der Waals surface area contributed by atoms with E-state index >= 15 is 0 Å². The number of esters is 1. The van der Waals surface area contributed by atoms with Crippen molar-refractivity contribution in [2.45, 2.75) is 90.6 Å². The lowest BCUT2D eigenvalue weighted by molar-refractivity contribution is -0.576. The molecule has 0 bridgehead atoms. The highest BCUT2D eigenvalue weighted by Gasteiger charge is 2.63. The van der Waals surface area contributed by atoms with Crippen molar-refractivity contribution >= 4 is 23.6 Å². The maximum Gasteiger partial charge on any atom is 0.346 e. The van der Waals surface area contributed by atoms with Gasteiger partial charge in [0.25, 0.3) is 0 Å². The SMILES string of the molecule is C[C@]12COC(=O)C[C@@H]1CC[C@@H]1[C@@H]2CC[C@@]2(C)[C@H]1CC[C@]2(C)O.Nc1cc(N2CCCCC2)nc(N)[n+]1[O-]. The second kappa shape index (κ2) is 9.47. The molecule has 0 spiro atoms. The van der Waals surface area contributed by atoms with E-state index in [4.69, 9.17) is 16.2 Å². The lowest BCUT2D eigenvalue weighted by Crippen LogP contribution is -2.57. The van der Waals surface area contributed by atoms with Gasteiger partial charge in [-0.3, -0.25) is 4.79 Å². The average Bonchev–Trinajstić information content (AvgIpc) is 3.12. The summed E-state index contributed by atoms with van der Waals surface area (Å²) < 4.78 is 5.93. The average molecular weight is 516 g/mol. The lowest BCUT2D eigenvalue weighted by Gasteiger charge is -2.60. The predicted molar refractivity (Wildman–Crippen MR) is 142 cm³/mol. The van der Waals surface area contributed by atoms with Gasteiger partial charge in [0.2, 0.25) is 0 Å².